The van der Waals surface area contributed by atoms with Gasteiger partial charge in [0.05, 0.1) is 10.9 Å². The Morgan fingerprint density at radius 1 is 1.27 bits per heavy atom. The van der Waals surface area contributed by atoms with Crippen molar-refractivity contribution in [2.24, 2.45) is 0 Å². The monoisotopic (exact) mass is 195 g/mol. The summed E-state index contributed by atoms with van der Waals surface area (Å²) in [6.45, 7) is 5.71. The van der Waals surface area contributed by atoms with Crippen LogP contribution in [0.2, 0.25) is 0 Å². The molecule has 0 saturated heterocycles. The molecule has 0 aliphatic rings. The molecule has 1 aromatic carbocycles. The Kier molecular flexibility index (Phi) is 2.64. The molecule has 1 heteroatoms. The van der Waals surface area contributed by atoms with Crippen LogP contribution in [0.25, 0.3) is 23.1 Å². The summed E-state index contributed by atoms with van der Waals surface area (Å²) in [5, 5.41) is 3.29. The maximum absolute atomic E-state index is 4.58. The third-order valence-corrected chi connectivity index (χ3v) is 2.36. The first-order chi connectivity index (χ1) is 7.35. The first-order valence-electron chi connectivity index (χ1n) is 5.00. The van der Waals surface area contributed by atoms with Crippen molar-refractivity contribution in [3.8, 4) is 0 Å². The van der Waals surface area contributed by atoms with E-state index in [-0.39, 0.29) is 0 Å². The summed E-state index contributed by atoms with van der Waals surface area (Å²) >= 11 is 0. The van der Waals surface area contributed by atoms with Gasteiger partial charge < -0.3 is 0 Å². The minimum Gasteiger partial charge on any atom is -0.248 e. The molecule has 0 radical (unpaired) electrons. The summed E-state index contributed by atoms with van der Waals surface area (Å²) in [6.07, 6.45) is 5.79. The van der Waals surface area contributed by atoms with Gasteiger partial charge in [0.25, 0.3) is 0 Å². The molecule has 0 amide bonds. The van der Waals surface area contributed by atoms with Gasteiger partial charge in [0.2, 0.25) is 0 Å². The number of fused-ring (bicyclic) bond motifs is 1. The van der Waals surface area contributed by atoms with Gasteiger partial charge in [-0.25, -0.2) is 4.98 Å². The van der Waals surface area contributed by atoms with Crippen LogP contribution >= 0.6 is 0 Å². The van der Waals surface area contributed by atoms with Crippen LogP contribution in [-0.2, 0) is 0 Å². The lowest BCUT2D eigenvalue weighted by molar-refractivity contribution is 1.28. The highest BCUT2D eigenvalue weighted by molar-refractivity contribution is 5.78. The summed E-state index contributed by atoms with van der Waals surface area (Å²) in [6, 6.07) is 10.3. The van der Waals surface area contributed by atoms with E-state index in [0.29, 0.717) is 0 Å². The number of hydrogen-bond acceptors (Lipinski definition) is 1. The fraction of sp³-hybridized carbons (Fsp3) is 0.0714. The Labute approximate surface area is 89.1 Å². The molecule has 0 N–H and O–H groups in total. The molecule has 2 rings (SSSR count). The molecular formula is C14H13N. The van der Waals surface area contributed by atoms with Crippen LogP contribution in [0.1, 0.15) is 6.92 Å². The fourth-order valence-electron chi connectivity index (χ4n) is 1.64. The number of benzene rings is 1. The zero-order valence-electron chi connectivity index (χ0n) is 8.77. The number of aromatic nitrogens is 1. The lowest BCUT2D eigenvalue weighted by Crippen LogP contribution is -2.27. The Hall–Kier alpha value is -1.89. The van der Waals surface area contributed by atoms with E-state index in [1.807, 2.05) is 37.3 Å². The average Bonchev–Trinajstić information content (AvgIpc) is 2.28. The Balaban J connectivity index is 2.94. The minimum atomic E-state index is 1.01. The van der Waals surface area contributed by atoms with E-state index in [9.17, 15) is 0 Å². The molecule has 0 saturated carbocycles. The van der Waals surface area contributed by atoms with E-state index in [1.54, 1.807) is 6.08 Å². The summed E-state index contributed by atoms with van der Waals surface area (Å²) in [7, 11) is 0. The molecule has 0 unspecified atom stereocenters. The lowest BCUT2D eigenvalue weighted by atomic mass is 10.2. The Morgan fingerprint density at radius 3 is 2.80 bits per heavy atom. The lowest BCUT2D eigenvalue weighted by Gasteiger charge is -1.96. The molecule has 0 fully saturated rings. The summed E-state index contributed by atoms with van der Waals surface area (Å²) < 4.78 is 0. The van der Waals surface area contributed by atoms with Gasteiger partial charge in [-0.05, 0) is 19.1 Å². The van der Waals surface area contributed by atoms with Crippen LogP contribution in [0.3, 0.4) is 0 Å². The number of rotatable bonds is 1. The standard InChI is InChI=1S/C14H13N/c1-3-7-11-10-12-8-5-6-9-14(12)15-13(11)4-2/h3-10H,1H2,2H3/b11-7-,13-4+. The fourth-order valence-corrected chi connectivity index (χ4v) is 1.64. The van der Waals surface area contributed by atoms with E-state index in [2.05, 4.69) is 23.7 Å². The molecule has 0 aliphatic heterocycles. The van der Waals surface area contributed by atoms with Crippen molar-refractivity contribution >= 4 is 23.1 Å². The Morgan fingerprint density at radius 2 is 2.07 bits per heavy atom. The van der Waals surface area contributed by atoms with Crippen LogP contribution in [0.5, 0.6) is 0 Å². The van der Waals surface area contributed by atoms with Gasteiger partial charge >= 0.3 is 0 Å². The topological polar surface area (TPSA) is 12.9 Å². The highest BCUT2D eigenvalue weighted by Gasteiger charge is 1.93. The molecular weight excluding hydrogens is 182 g/mol. The molecule has 74 valence electrons. The molecule has 15 heavy (non-hydrogen) atoms. The smallest absolute Gasteiger partial charge is 0.0709 e. The van der Waals surface area contributed by atoms with Gasteiger partial charge in [-0.15, -0.1) is 0 Å². The van der Waals surface area contributed by atoms with Gasteiger partial charge in [0.1, 0.15) is 0 Å². The quantitative estimate of drug-likeness (QED) is 0.678. The molecule has 0 bridgehead atoms. The van der Waals surface area contributed by atoms with Crippen molar-refractivity contribution in [1.82, 2.24) is 4.98 Å². The first kappa shape index (κ1) is 9.66. The second kappa shape index (κ2) is 4.09. The summed E-state index contributed by atoms with van der Waals surface area (Å²) in [4.78, 5) is 4.58. The van der Waals surface area contributed by atoms with Gasteiger partial charge in [0.15, 0.2) is 0 Å². The number of nitrogens with zero attached hydrogens (tertiary/aromatic N) is 1. The highest BCUT2D eigenvalue weighted by atomic mass is 14.7. The maximum atomic E-state index is 4.58. The highest BCUT2D eigenvalue weighted by Crippen LogP contribution is 2.05. The van der Waals surface area contributed by atoms with Crippen molar-refractivity contribution in [3.63, 3.8) is 0 Å². The number of hydrogen-bond donors (Lipinski definition) is 0. The molecule has 2 aromatic rings. The zero-order chi connectivity index (χ0) is 10.7. The van der Waals surface area contributed by atoms with Crippen LogP contribution in [0, 0.1) is 0 Å². The van der Waals surface area contributed by atoms with Crippen molar-refractivity contribution in [1.29, 1.82) is 0 Å². The predicted molar refractivity (Wildman–Crippen MR) is 65.8 cm³/mol. The van der Waals surface area contributed by atoms with E-state index >= 15 is 0 Å². The number of allylic oxidation sites excluding steroid dienone is 1. The van der Waals surface area contributed by atoms with E-state index in [4.69, 9.17) is 0 Å². The Bertz CT molecular complexity index is 609. The van der Waals surface area contributed by atoms with Crippen molar-refractivity contribution in [3.05, 3.63) is 53.6 Å². The van der Waals surface area contributed by atoms with Crippen molar-refractivity contribution < 1.29 is 0 Å². The van der Waals surface area contributed by atoms with Crippen LogP contribution in [0.4, 0.5) is 0 Å². The normalized spacial score (nSPS) is 13.4. The SMILES string of the molecule is C=C/C=c1/cc2ccccc2n/c1=C/C. The van der Waals surface area contributed by atoms with Crippen molar-refractivity contribution in [2.75, 3.05) is 0 Å². The van der Waals surface area contributed by atoms with Crippen LogP contribution in [0.15, 0.2) is 43.0 Å². The number of pyridine rings is 1. The maximum Gasteiger partial charge on any atom is 0.0709 e. The van der Waals surface area contributed by atoms with Gasteiger partial charge in [-0.1, -0.05) is 43.0 Å². The van der Waals surface area contributed by atoms with Crippen LogP contribution in [-0.4, -0.2) is 4.98 Å². The second-order valence-corrected chi connectivity index (χ2v) is 3.35. The molecule has 0 aliphatic carbocycles. The van der Waals surface area contributed by atoms with E-state index in [0.717, 1.165) is 21.5 Å². The zero-order valence-corrected chi connectivity index (χ0v) is 8.77. The van der Waals surface area contributed by atoms with Gasteiger partial charge in [-0.3, -0.25) is 0 Å². The molecule has 0 spiro atoms. The first-order valence-corrected chi connectivity index (χ1v) is 5.00. The van der Waals surface area contributed by atoms with Crippen LogP contribution < -0.4 is 10.6 Å². The van der Waals surface area contributed by atoms with E-state index in [1.165, 1.54) is 0 Å². The minimum absolute atomic E-state index is 1.01. The van der Waals surface area contributed by atoms with Gasteiger partial charge in [-0.2, -0.15) is 0 Å². The third kappa shape index (κ3) is 1.82. The average molecular weight is 195 g/mol. The van der Waals surface area contributed by atoms with Crippen molar-refractivity contribution in [2.45, 2.75) is 6.92 Å². The van der Waals surface area contributed by atoms with E-state index < -0.39 is 0 Å². The molecule has 0 atom stereocenters. The molecule has 1 nitrogen and oxygen atoms in total. The second-order valence-electron chi connectivity index (χ2n) is 3.35. The third-order valence-electron chi connectivity index (χ3n) is 2.36. The predicted octanol–water partition coefficient (Wildman–Crippen LogP) is 2.00. The van der Waals surface area contributed by atoms with Gasteiger partial charge in [0, 0.05) is 10.6 Å². The largest absolute Gasteiger partial charge is 0.248 e. The number of para-hydroxylation sites is 1. The molecule has 1 aromatic heterocycles. The summed E-state index contributed by atoms with van der Waals surface area (Å²) in [5.41, 5.74) is 1.03. The molecule has 1 heterocycles. The summed E-state index contributed by atoms with van der Waals surface area (Å²) in [5.74, 6) is 0.